The maximum Gasteiger partial charge on any atom is 0.168 e. The molecule has 1 saturated heterocycles. The van der Waals surface area contributed by atoms with Gasteiger partial charge in [0.25, 0.3) is 0 Å². The van der Waals surface area contributed by atoms with Crippen LogP contribution in [0, 0.1) is 11.3 Å². The molecule has 0 bridgehead atoms. The van der Waals surface area contributed by atoms with Gasteiger partial charge in [0.15, 0.2) is 5.79 Å². The molecule has 3 nitrogen and oxygen atoms in total. The molecule has 1 spiro atoms. The highest BCUT2D eigenvalue weighted by Crippen LogP contribution is 2.47. The van der Waals surface area contributed by atoms with Gasteiger partial charge in [-0.15, -0.1) is 0 Å². The van der Waals surface area contributed by atoms with Crippen molar-refractivity contribution in [3.8, 4) is 0 Å². The normalized spacial score (nSPS) is 33.0. The zero-order valence-electron chi connectivity index (χ0n) is 15.5. The monoisotopic (exact) mass is 311 g/mol. The molecule has 0 N–H and O–H groups in total. The Morgan fingerprint density at radius 3 is 2.27 bits per heavy atom. The second-order valence-electron chi connectivity index (χ2n) is 7.89. The third kappa shape index (κ3) is 4.24. The van der Waals surface area contributed by atoms with Crippen LogP contribution in [0.1, 0.15) is 73.1 Å². The van der Waals surface area contributed by atoms with E-state index in [9.17, 15) is 0 Å². The summed E-state index contributed by atoms with van der Waals surface area (Å²) in [6, 6.07) is 0. The molecule has 1 aliphatic carbocycles. The molecule has 0 aromatic heterocycles. The Morgan fingerprint density at radius 1 is 1.09 bits per heavy atom. The van der Waals surface area contributed by atoms with Crippen LogP contribution in [0.5, 0.6) is 0 Å². The molecule has 1 atom stereocenters. The van der Waals surface area contributed by atoms with Crippen molar-refractivity contribution in [2.45, 2.75) is 85.0 Å². The van der Waals surface area contributed by atoms with Gasteiger partial charge in [0.2, 0.25) is 0 Å². The van der Waals surface area contributed by atoms with Crippen molar-refractivity contribution in [1.82, 2.24) is 4.90 Å². The molecule has 0 radical (unpaired) electrons. The Kier molecular flexibility index (Phi) is 6.32. The summed E-state index contributed by atoms with van der Waals surface area (Å²) in [4.78, 5) is 2.47. The van der Waals surface area contributed by atoms with Crippen LogP contribution in [0.25, 0.3) is 0 Å². The molecule has 0 aromatic carbocycles. The van der Waals surface area contributed by atoms with E-state index in [4.69, 9.17) is 9.47 Å². The van der Waals surface area contributed by atoms with E-state index >= 15 is 0 Å². The predicted molar refractivity (Wildman–Crippen MR) is 92.0 cm³/mol. The van der Waals surface area contributed by atoms with Gasteiger partial charge in [0, 0.05) is 19.4 Å². The van der Waals surface area contributed by atoms with E-state index in [2.05, 4.69) is 39.5 Å². The van der Waals surface area contributed by atoms with Crippen molar-refractivity contribution in [2.75, 3.05) is 26.2 Å². The molecule has 0 aromatic rings. The van der Waals surface area contributed by atoms with E-state index in [0.717, 1.165) is 51.4 Å². The largest absolute Gasteiger partial charge is 0.347 e. The Labute approximate surface area is 137 Å². The van der Waals surface area contributed by atoms with Gasteiger partial charge in [0.1, 0.15) is 0 Å². The molecule has 1 aliphatic heterocycles. The SMILES string of the molecule is CCN(CC)CCC1COC2(CCC(C(C)(C)CC)CC2)O1. The summed E-state index contributed by atoms with van der Waals surface area (Å²) in [7, 11) is 0. The van der Waals surface area contributed by atoms with Gasteiger partial charge in [-0.05, 0) is 43.7 Å². The first-order valence-corrected chi connectivity index (χ1v) is 9.48. The van der Waals surface area contributed by atoms with E-state index in [1.165, 1.54) is 19.3 Å². The van der Waals surface area contributed by atoms with Gasteiger partial charge >= 0.3 is 0 Å². The molecule has 1 unspecified atom stereocenters. The van der Waals surface area contributed by atoms with Crippen LogP contribution in [-0.2, 0) is 9.47 Å². The van der Waals surface area contributed by atoms with Crippen molar-refractivity contribution in [2.24, 2.45) is 11.3 Å². The van der Waals surface area contributed by atoms with Gasteiger partial charge in [-0.25, -0.2) is 0 Å². The Balaban J connectivity index is 1.78. The van der Waals surface area contributed by atoms with Crippen molar-refractivity contribution >= 4 is 0 Å². The highest BCUT2D eigenvalue weighted by Gasteiger charge is 2.46. The van der Waals surface area contributed by atoms with Crippen LogP contribution in [0.2, 0.25) is 0 Å². The van der Waals surface area contributed by atoms with Crippen LogP contribution < -0.4 is 0 Å². The van der Waals surface area contributed by atoms with E-state index in [1.807, 2.05) is 0 Å². The maximum absolute atomic E-state index is 6.38. The van der Waals surface area contributed by atoms with Gasteiger partial charge < -0.3 is 14.4 Å². The fraction of sp³-hybridized carbons (Fsp3) is 1.00. The predicted octanol–water partition coefficient (Wildman–Crippen LogP) is 4.46. The summed E-state index contributed by atoms with van der Waals surface area (Å²) < 4.78 is 12.5. The molecule has 1 heterocycles. The highest BCUT2D eigenvalue weighted by molar-refractivity contribution is 4.89. The summed E-state index contributed by atoms with van der Waals surface area (Å²) in [5, 5.41) is 0. The fourth-order valence-electron chi connectivity index (χ4n) is 4.02. The minimum Gasteiger partial charge on any atom is -0.347 e. The minimum atomic E-state index is -0.242. The van der Waals surface area contributed by atoms with Crippen LogP contribution in [0.15, 0.2) is 0 Å². The average Bonchev–Trinajstić information content (AvgIpc) is 2.91. The molecule has 2 fully saturated rings. The summed E-state index contributed by atoms with van der Waals surface area (Å²) in [5.41, 5.74) is 0.461. The van der Waals surface area contributed by atoms with E-state index in [1.54, 1.807) is 0 Å². The van der Waals surface area contributed by atoms with Gasteiger partial charge in [-0.1, -0.05) is 41.0 Å². The summed E-state index contributed by atoms with van der Waals surface area (Å²) in [6.07, 6.45) is 7.35. The first-order valence-electron chi connectivity index (χ1n) is 9.48. The van der Waals surface area contributed by atoms with Crippen LogP contribution in [0.3, 0.4) is 0 Å². The molecule has 1 saturated carbocycles. The lowest BCUT2D eigenvalue weighted by Gasteiger charge is -2.42. The second-order valence-corrected chi connectivity index (χ2v) is 7.89. The number of rotatable bonds is 7. The number of hydrogen-bond donors (Lipinski definition) is 0. The highest BCUT2D eigenvalue weighted by atomic mass is 16.7. The number of nitrogens with zero attached hydrogens (tertiary/aromatic N) is 1. The van der Waals surface area contributed by atoms with Gasteiger partial charge in [-0.3, -0.25) is 0 Å². The van der Waals surface area contributed by atoms with Crippen molar-refractivity contribution in [3.05, 3.63) is 0 Å². The Bertz CT molecular complexity index is 330. The third-order valence-electron chi connectivity index (χ3n) is 6.34. The van der Waals surface area contributed by atoms with E-state index in [-0.39, 0.29) is 5.79 Å². The van der Waals surface area contributed by atoms with E-state index < -0.39 is 0 Å². The molecule has 0 amide bonds. The molecule has 2 aliphatic rings. The van der Waals surface area contributed by atoms with Gasteiger partial charge in [-0.2, -0.15) is 0 Å². The Hall–Kier alpha value is -0.120. The van der Waals surface area contributed by atoms with Crippen LogP contribution in [-0.4, -0.2) is 43.0 Å². The number of ether oxygens (including phenoxy) is 2. The molecule has 2 rings (SSSR count). The molecule has 22 heavy (non-hydrogen) atoms. The maximum atomic E-state index is 6.38. The Morgan fingerprint density at radius 2 is 1.73 bits per heavy atom. The van der Waals surface area contributed by atoms with E-state index in [0.29, 0.717) is 11.5 Å². The van der Waals surface area contributed by atoms with Crippen molar-refractivity contribution in [3.63, 3.8) is 0 Å². The lowest BCUT2D eigenvalue weighted by molar-refractivity contribution is -0.197. The zero-order chi connectivity index (χ0) is 16.2. The third-order valence-corrected chi connectivity index (χ3v) is 6.34. The minimum absolute atomic E-state index is 0.242. The number of hydrogen-bond acceptors (Lipinski definition) is 3. The molecular formula is C19H37NO2. The quantitative estimate of drug-likeness (QED) is 0.693. The topological polar surface area (TPSA) is 21.7 Å². The molecule has 130 valence electrons. The van der Waals surface area contributed by atoms with Crippen molar-refractivity contribution < 1.29 is 9.47 Å². The average molecular weight is 312 g/mol. The molecule has 3 heteroatoms. The fourth-order valence-corrected chi connectivity index (χ4v) is 4.02. The van der Waals surface area contributed by atoms with Gasteiger partial charge in [0.05, 0.1) is 12.7 Å². The zero-order valence-corrected chi connectivity index (χ0v) is 15.5. The lowest BCUT2D eigenvalue weighted by atomic mass is 9.68. The second kappa shape index (κ2) is 7.63. The van der Waals surface area contributed by atoms with Crippen molar-refractivity contribution in [1.29, 1.82) is 0 Å². The standard InChI is InChI=1S/C19H37NO2/c1-6-18(4,5)16-9-12-19(13-10-16)21-15-17(22-19)11-14-20(7-2)8-3/h16-17H,6-15H2,1-5H3. The summed E-state index contributed by atoms with van der Waals surface area (Å²) in [6.45, 7) is 15.8. The first-order chi connectivity index (χ1) is 10.4. The molecular weight excluding hydrogens is 274 g/mol. The summed E-state index contributed by atoms with van der Waals surface area (Å²) >= 11 is 0. The first kappa shape index (κ1) is 18.2. The summed E-state index contributed by atoms with van der Waals surface area (Å²) in [5.74, 6) is 0.582. The van der Waals surface area contributed by atoms with Crippen LogP contribution in [0.4, 0.5) is 0 Å². The smallest absolute Gasteiger partial charge is 0.168 e. The van der Waals surface area contributed by atoms with Crippen LogP contribution >= 0.6 is 0 Å². The lowest BCUT2D eigenvalue weighted by Crippen LogP contribution is -2.39.